The van der Waals surface area contributed by atoms with Gasteiger partial charge in [-0.05, 0) is 37.1 Å². The summed E-state index contributed by atoms with van der Waals surface area (Å²) in [5.74, 6) is 1.48. The van der Waals surface area contributed by atoms with Gasteiger partial charge < -0.3 is 15.2 Å². The highest BCUT2D eigenvalue weighted by molar-refractivity contribution is 5.91. The van der Waals surface area contributed by atoms with Gasteiger partial charge >= 0.3 is 0 Å². The van der Waals surface area contributed by atoms with Gasteiger partial charge in [-0.2, -0.15) is 5.26 Å². The molecule has 0 saturated heterocycles. The van der Waals surface area contributed by atoms with E-state index in [2.05, 4.69) is 11.1 Å². The smallest absolute Gasteiger partial charge is 0.161 e. The molecule has 2 N–H and O–H groups in total. The molecule has 0 aliphatic rings. The Balaban J connectivity index is 2.35. The topological polar surface area (TPSA) is 81.2 Å². The number of aromatic nitrogens is 1. The van der Waals surface area contributed by atoms with Crippen LogP contribution in [-0.4, -0.2) is 18.7 Å². The summed E-state index contributed by atoms with van der Waals surface area (Å²) in [7, 11) is 1.60. The number of benzene rings is 2. The third kappa shape index (κ3) is 3.42. The normalized spacial score (nSPS) is 10.3. The van der Waals surface area contributed by atoms with Crippen LogP contribution in [0.1, 0.15) is 18.2 Å². The number of hydrogen-bond acceptors (Lipinski definition) is 5. The number of ether oxygens (including phenoxy) is 2. The quantitative estimate of drug-likeness (QED) is 0.721. The van der Waals surface area contributed by atoms with Gasteiger partial charge in [0.2, 0.25) is 0 Å². The Hall–Kier alpha value is -3.52. The second-order valence-corrected chi connectivity index (χ2v) is 5.98. The van der Waals surface area contributed by atoms with Gasteiger partial charge in [-0.1, -0.05) is 36.4 Å². The Morgan fingerprint density at radius 2 is 1.78 bits per heavy atom. The highest BCUT2D eigenvalue weighted by atomic mass is 16.5. The number of nitrogens with two attached hydrogens (primary N) is 1. The van der Waals surface area contributed by atoms with E-state index in [1.807, 2.05) is 62.4 Å². The first-order valence-corrected chi connectivity index (χ1v) is 8.67. The fourth-order valence-electron chi connectivity index (χ4n) is 3.19. The molecule has 3 rings (SSSR count). The molecule has 0 fully saturated rings. The fourth-order valence-corrected chi connectivity index (χ4v) is 3.19. The number of anilines is 1. The fraction of sp³-hybridized carbons (Fsp3) is 0.182. The number of nitrogen functional groups attached to an aromatic ring is 1. The number of pyridine rings is 1. The van der Waals surface area contributed by atoms with Crippen LogP contribution in [0.3, 0.4) is 0 Å². The molecule has 0 bridgehead atoms. The van der Waals surface area contributed by atoms with Gasteiger partial charge in [-0.15, -0.1) is 0 Å². The number of nitrogens with zero attached hydrogens (tertiary/aromatic N) is 2. The van der Waals surface area contributed by atoms with Crippen LogP contribution in [0.15, 0.2) is 48.5 Å². The molecule has 0 aliphatic carbocycles. The molecule has 2 aromatic carbocycles. The first-order valence-electron chi connectivity index (χ1n) is 8.67. The third-order valence-electron chi connectivity index (χ3n) is 4.33. The molecular weight excluding hydrogens is 338 g/mol. The number of methoxy groups -OCH3 is 1. The molecule has 0 saturated carbocycles. The summed E-state index contributed by atoms with van der Waals surface area (Å²) in [4.78, 5) is 4.40. The van der Waals surface area contributed by atoms with Crippen LogP contribution < -0.4 is 15.2 Å². The maximum atomic E-state index is 9.77. The molecule has 0 spiro atoms. The molecule has 1 aromatic heterocycles. The Labute approximate surface area is 159 Å². The number of nitriles is 1. The maximum Gasteiger partial charge on any atom is 0.161 e. The van der Waals surface area contributed by atoms with E-state index in [4.69, 9.17) is 15.2 Å². The molecule has 5 nitrogen and oxygen atoms in total. The lowest BCUT2D eigenvalue weighted by Gasteiger charge is -2.18. The molecular formula is C22H21N3O2. The highest BCUT2D eigenvalue weighted by Crippen LogP contribution is 2.41. The van der Waals surface area contributed by atoms with Crippen molar-refractivity contribution in [3.05, 3.63) is 59.8 Å². The second kappa shape index (κ2) is 7.79. The largest absolute Gasteiger partial charge is 0.493 e. The Morgan fingerprint density at radius 3 is 2.41 bits per heavy atom. The van der Waals surface area contributed by atoms with E-state index in [1.165, 1.54) is 0 Å². The van der Waals surface area contributed by atoms with Crippen molar-refractivity contribution >= 4 is 5.82 Å². The monoisotopic (exact) mass is 359 g/mol. The molecule has 0 atom stereocenters. The lowest BCUT2D eigenvalue weighted by molar-refractivity contribution is 0.311. The van der Waals surface area contributed by atoms with E-state index >= 15 is 0 Å². The van der Waals surface area contributed by atoms with Gasteiger partial charge in [0.25, 0.3) is 0 Å². The lowest BCUT2D eigenvalue weighted by atomic mass is 9.90. The minimum absolute atomic E-state index is 0.221. The minimum Gasteiger partial charge on any atom is -0.493 e. The molecule has 0 amide bonds. The zero-order valence-corrected chi connectivity index (χ0v) is 15.6. The summed E-state index contributed by atoms with van der Waals surface area (Å²) >= 11 is 0. The van der Waals surface area contributed by atoms with Crippen molar-refractivity contribution in [1.29, 1.82) is 5.26 Å². The van der Waals surface area contributed by atoms with Crippen molar-refractivity contribution in [3.63, 3.8) is 0 Å². The third-order valence-corrected chi connectivity index (χ3v) is 4.33. The molecule has 136 valence electrons. The molecule has 0 aliphatic heterocycles. The first-order chi connectivity index (χ1) is 13.1. The molecule has 0 radical (unpaired) electrons. The molecule has 27 heavy (non-hydrogen) atoms. The number of hydrogen-bond donors (Lipinski definition) is 1. The number of aryl methyl sites for hydroxylation is 1. The lowest BCUT2D eigenvalue weighted by Crippen LogP contribution is -2.03. The second-order valence-electron chi connectivity index (χ2n) is 5.98. The van der Waals surface area contributed by atoms with Gasteiger partial charge in [0, 0.05) is 16.8 Å². The predicted molar refractivity (Wildman–Crippen MR) is 107 cm³/mol. The van der Waals surface area contributed by atoms with Gasteiger partial charge in [0.15, 0.2) is 11.5 Å². The Kier molecular flexibility index (Phi) is 5.28. The first kappa shape index (κ1) is 18.3. The summed E-state index contributed by atoms with van der Waals surface area (Å²) < 4.78 is 11.1. The zero-order valence-electron chi connectivity index (χ0n) is 15.6. The summed E-state index contributed by atoms with van der Waals surface area (Å²) in [5, 5.41) is 9.77. The Morgan fingerprint density at radius 1 is 1.04 bits per heavy atom. The van der Waals surface area contributed by atoms with E-state index in [1.54, 1.807) is 7.11 Å². The summed E-state index contributed by atoms with van der Waals surface area (Å²) in [6.45, 7) is 4.32. The predicted octanol–water partition coefficient (Wildman–Crippen LogP) is 4.59. The van der Waals surface area contributed by atoms with Crippen molar-refractivity contribution in [1.82, 2.24) is 4.98 Å². The van der Waals surface area contributed by atoms with E-state index in [-0.39, 0.29) is 5.82 Å². The van der Waals surface area contributed by atoms with E-state index in [9.17, 15) is 5.26 Å². The van der Waals surface area contributed by atoms with Crippen LogP contribution in [0.4, 0.5) is 5.82 Å². The average molecular weight is 359 g/mol. The minimum atomic E-state index is 0.221. The van der Waals surface area contributed by atoms with E-state index in [0.29, 0.717) is 23.7 Å². The van der Waals surface area contributed by atoms with E-state index < -0.39 is 0 Å². The SMILES string of the molecule is CCOc1cc(-c2c(C#N)c(N)nc(C)c2-c2ccccc2)ccc1OC. The molecule has 3 aromatic rings. The average Bonchev–Trinajstić information content (AvgIpc) is 2.68. The molecule has 0 unspecified atom stereocenters. The maximum absolute atomic E-state index is 9.77. The van der Waals surface area contributed by atoms with Crippen molar-refractivity contribution in [2.45, 2.75) is 13.8 Å². The standard InChI is InChI=1S/C22H21N3O2/c1-4-27-19-12-16(10-11-18(19)26-3)21-17(13-23)22(24)25-14(2)20(21)15-8-6-5-7-9-15/h5-12H,4H2,1-3H3,(H2,24,25). The van der Waals surface area contributed by atoms with Gasteiger partial charge in [0.05, 0.1) is 13.7 Å². The number of rotatable bonds is 5. The van der Waals surface area contributed by atoms with Crippen molar-refractivity contribution in [2.75, 3.05) is 19.5 Å². The van der Waals surface area contributed by atoms with Crippen molar-refractivity contribution < 1.29 is 9.47 Å². The Bertz CT molecular complexity index is 1010. The summed E-state index contributed by atoms with van der Waals surface area (Å²) in [6.07, 6.45) is 0. The van der Waals surface area contributed by atoms with Gasteiger partial charge in [0.1, 0.15) is 17.5 Å². The van der Waals surface area contributed by atoms with Crippen molar-refractivity contribution in [2.24, 2.45) is 0 Å². The van der Waals surface area contributed by atoms with Crippen LogP contribution >= 0.6 is 0 Å². The molecule has 1 heterocycles. The summed E-state index contributed by atoms with van der Waals surface area (Å²) in [6, 6.07) is 17.7. The summed E-state index contributed by atoms with van der Waals surface area (Å²) in [5.41, 5.74) is 10.6. The van der Waals surface area contributed by atoms with Crippen LogP contribution in [0.5, 0.6) is 11.5 Å². The zero-order chi connectivity index (χ0) is 19.4. The van der Waals surface area contributed by atoms with Gasteiger partial charge in [-0.3, -0.25) is 0 Å². The highest BCUT2D eigenvalue weighted by Gasteiger charge is 2.20. The van der Waals surface area contributed by atoms with Crippen molar-refractivity contribution in [3.8, 4) is 39.8 Å². The van der Waals surface area contributed by atoms with Gasteiger partial charge in [-0.25, -0.2) is 4.98 Å². The van der Waals surface area contributed by atoms with Crippen LogP contribution in [0, 0.1) is 18.3 Å². The van der Waals surface area contributed by atoms with Crippen LogP contribution in [0.25, 0.3) is 22.3 Å². The molecule has 5 heteroatoms. The van der Waals surface area contributed by atoms with E-state index in [0.717, 1.165) is 27.9 Å². The van der Waals surface area contributed by atoms with Crippen LogP contribution in [0.2, 0.25) is 0 Å². The van der Waals surface area contributed by atoms with Crippen LogP contribution in [-0.2, 0) is 0 Å².